The zero-order chi connectivity index (χ0) is 15.9. The lowest BCUT2D eigenvalue weighted by molar-refractivity contribution is -0.119. The number of ether oxygens (including phenoxy) is 1. The van der Waals surface area contributed by atoms with Crippen LogP contribution >= 0.6 is 0 Å². The van der Waals surface area contributed by atoms with E-state index >= 15 is 0 Å². The summed E-state index contributed by atoms with van der Waals surface area (Å²) >= 11 is 0. The minimum absolute atomic E-state index is 0.00404. The highest BCUT2D eigenvalue weighted by molar-refractivity contribution is 5.73. The maximum absolute atomic E-state index is 11.0. The van der Waals surface area contributed by atoms with E-state index in [1.807, 2.05) is 26.0 Å². The molecule has 0 fully saturated rings. The van der Waals surface area contributed by atoms with Gasteiger partial charge < -0.3 is 10.1 Å². The van der Waals surface area contributed by atoms with E-state index in [2.05, 4.69) is 34.6 Å². The topological polar surface area (TPSA) is 51.2 Å². The van der Waals surface area contributed by atoms with Crippen molar-refractivity contribution in [3.8, 4) is 17.0 Å². The highest BCUT2D eigenvalue weighted by Gasteiger charge is 2.06. The zero-order valence-corrected chi connectivity index (χ0v) is 13.3. The maximum atomic E-state index is 11.0. The van der Waals surface area contributed by atoms with Gasteiger partial charge in [0.05, 0.1) is 6.61 Å². The second kappa shape index (κ2) is 7.59. The minimum Gasteiger partial charge on any atom is -0.478 e. The Morgan fingerprint density at radius 2 is 1.95 bits per heavy atom. The molecule has 0 aliphatic rings. The van der Waals surface area contributed by atoms with Crippen LogP contribution in [0.4, 0.5) is 0 Å². The SMILES string of the molecule is CCOc1cc(-c2ccc(C[C@H](C)NC(C)=O)cc2)ccn1. The molecule has 0 unspecified atom stereocenters. The van der Waals surface area contributed by atoms with Crippen molar-refractivity contribution < 1.29 is 9.53 Å². The number of aromatic nitrogens is 1. The van der Waals surface area contributed by atoms with Gasteiger partial charge in [-0.25, -0.2) is 4.98 Å². The van der Waals surface area contributed by atoms with Crippen molar-refractivity contribution in [1.82, 2.24) is 10.3 Å². The van der Waals surface area contributed by atoms with Crippen molar-refractivity contribution in [3.63, 3.8) is 0 Å². The van der Waals surface area contributed by atoms with E-state index < -0.39 is 0 Å². The molecule has 116 valence electrons. The second-order valence-corrected chi connectivity index (χ2v) is 5.32. The molecule has 0 saturated heterocycles. The molecule has 4 nitrogen and oxygen atoms in total. The Balaban J connectivity index is 2.08. The number of hydrogen-bond acceptors (Lipinski definition) is 3. The molecule has 22 heavy (non-hydrogen) atoms. The summed E-state index contributed by atoms with van der Waals surface area (Å²) < 4.78 is 5.43. The lowest BCUT2D eigenvalue weighted by Gasteiger charge is -2.13. The summed E-state index contributed by atoms with van der Waals surface area (Å²) in [6.45, 7) is 6.10. The van der Waals surface area contributed by atoms with Crippen molar-refractivity contribution in [2.24, 2.45) is 0 Å². The largest absolute Gasteiger partial charge is 0.478 e. The molecule has 1 aromatic heterocycles. The van der Waals surface area contributed by atoms with E-state index in [0.29, 0.717) is 12.5 Å². The van der Waals surface area contributed by atoms with Crippen LogP contribution in [0.1, 0.15) is 26.3 Å². The van der Waals surface area contributed by atoms with E-state index in [1.54, 1.807) is 13.1 Å². The van der Waals surface area contributed by atoms with Crippen LogP contribution in [0.15, 0.2) is 42.6 Å². The summed E-state index contributed by atoms with van der Waals surface area (Å²) in [5.74, 6) is 0.646. The van der Waals surface area contributed by atoms with Crippen molar-refractivity contribution in [3.05, 3.63) is 48.2 Å². The number of nitrogens with zero attached hydrogens (tertiary/aromatic N) is 1. The third-order valence-electron chi connectivity index (χ3n) is 3.31. The Hall–Kier alpha value is -2.36. The molecule has 2 rings (SSSR count). The summed E-state index contributed by atoms with van der Waals surface area (Å²) in [6.07, 6.45) is 2.58. The minimum atomic E-state index is 0.00404. The summed E-state index contributed by atoms with van der Waals surface area (Å²) in [7, 11) is 0. The summed E-state index contributed by atoms with van der Waals surface area (Å²) in [5, 5.41) is 2.90. The summed E-state index contributed by atoms with van der Waals surface area (Å²) in [6, 6.07) is 12.4. The van der Waals surface area contributed by atoms with Crippen LogP contribution in [0.3, 0.4) is 0 Å². The molecule has 1 N–H and O–H groups in total. The molecule has 0 saturated carbocycles. The molecular formula is C18H22N2O2. The first kappa shape index (κ1) is 16.0. The van der Waals surface area contributed by atoms with Gasteiger partial charge in [0.1, 0.15) is 0 Å². The van der Waals surface area contributed by atoms with Gasteiger partial charge >= 0.3 is 0 Å². The van der Waals surface area contributed by atoms with Gasteiger partial charge in [0, 0.05) is 25.2 Å². The smallest absolute Gasteiger partial charge is 0.217 e. The van der Waals surface area contributed by atoms with E-state index in [9.17, 15) is 4.79 Å². The lowest BCUT2D eigenvalue weighted by Crippen LogP contribution is -2.31. The molecule has 0 bridgehead atoms. The molecule has 0 spiro atoms. The lowest BCUT2D eigenvalue weighted by atomic mass is 10.0. The number of carbonyl (C=O) groups is 1. The fourth-order valence-electron chi connectivity index (χ4n) is 2.40. The molecule has 1 amide bonds. The monoisotopic (exact) mass is 298 g/mol. The van der Waals surface area contributed by atoms with Gasteiger partial charge in [0.2, 0.25) is 11.8 Å². The fraction of sp³-hybridized carbons (Fsp3) is 0.333. The predicted molar refractivity (Wildman–Crippen MR) is 87.8 cm³/mol. The highest BCUT2D eigenvalue weighted by atomic mass is 16.5. The van der Waals surface area contributed by atoms with E-state index in [1.165, 1.54) is 5.56 Å². The van der Waals surface area contributed by atoms with E-state index in [-0.39, 0.29) is 11.9 Å². The average Bonchev–Trinajstić information content (AvgIpc) is 2.48. The second-order valence-electron chi connectivity index (χ2n) is 5.32. The van der Waals surface area contributed by atoms with Gasteiger partial charge in [-0.1, -0.05) is 24.3 Å². The van der Waals surface area contributed by atoms with Crippen LogP contribution in [0.25, 0.3) is 11.1 Å². The van der Waals surface area contributed by atoms with Gasteiger partial charge in [0.25, 0.3) is 0 Å². The third kappa shape index (κ3) is 4.58. The van der Waals surface area contributed by atoms with Gasteiger partial charge in [-0.3, -0.25) is 4.79 Å². The highest BCUT2D eigenvalue weighted by Crippen LogP contribution is 2.23. The zero-order valence-electron chi connectivity index (χ0n) is 13.3. The number of hydrogen-bond donors (Lipinski definition) is 1. The Labute approximate surface area is 131 Å². The Kier molecular flexibility index (Phi) is 5.53. The first-order valence-corrected chi connectivity index (χ1v) is 7.53. The first-order chi connectivity index (χ1) is 10.6. The molecule has 0 aliphatic heterocycles. The van der Waals surface area contributed by atoms with Crippen LogP contribution in [0.2, 0.25) is 0 Å². The third-order valence-corrected chi connectivity index (χ3v) is 3.31. The number of nitrogens with one attached hydrogen (secondary N) is 1. The Morgan fingerprint density at radius 1 is 1.23 bits per heavy atom. The van der Waals surface area contributed by atoms with Crippen molar-refractivity contribution in [2.45, 2.75) is 33.2 Å². The van der Waals surface area contributed by atoms with Gasteiger partial charge in [-0.2, -0.15) is 0 Å². The Bertz CT molecular complexity index is 623. The van der Waals surface area contributed by atoms with Crippen molar-refractivity contribution >= 4 is 5.91 Å². The van der Waals surface area contributed by atoms with Crippen molar-refractivity contribution in [2.75, 3.05) is 6.61 Å². The van der Waals surface area contributed by atoms with Crippen LogP contribution in [-0.4, -0.2) is 23.5 Å². The van der Waals surface area contributed by atoms with Crippen LogP contribution in [0.5, 0.6) is 5.88 Å². The molecular weight excluding hydrogens is 276 g/mol. The van der Waals surface area contributed by atoms with Gasteiger partial charge in [-0.15, -0.1) is 0 Å². The van der Waals surface area contributed by atoms with Gasteiger partial charge in [0.15, 0.2) is 0 Å². The molecule has 0 aliphatic carbocycles. The maximum Gasteiger partial charge on any atom is 0.217 e. The summed E-state index contributed by atoms with van der Waals surface area (Å²) in [5.41, 5.74) is 3.41. The first-order valence-electron chi connectivity index (χ1n) is 7.53. The van der Waals surface area contributed by atoms with Crippen LogP contribution < -0.4 is 10.1 Å². The molecule has 1 aromatic carbocycles. The number of benzene rings is 1. The fourth-order valence-corrected chi connectivity index (χ4v) is 2.40. The standard InChI is InChI=1S/C18H22N2O2/c1-4-22-18-12-17(9-10-19-18)16-7-5-15(6-8-16)11-13(2)20-14(3)21/h5-10,12-13H,4,11H2,1-3H3,(H,20,21)/t13-/m0/s1. The van der Waals surface area contributed by atoms with E-state index in [4.69, 9.17) is 4.74 Å². The number of carbonyl (C=O) groups excluding carboxylic acids is 1. The quantitative estimate of drug-likeness (QED) is 0.891. The summed E-state index contributed by atoms with van der Waals surface area (Å²) in [4.78, 5) is 15.2. The van der Waals surface area contributed by atoms with Crippen molar-refractivity contribution in [1.29, 1.82) is 0 Å². The molecule has 4 heteroatoms. The predicted octanol–water partition coefficient (Wildman–Crippen LogP) is 3.21. The molecule has 1 atom stereocenters. The molecule has 1 heterocycles. The van der Waals surface area contributed by atoms with Crippen LogP contribution in [-0.2, 0) is 11.2 Å². The Morgan fingerprint density at radius 3 is 2.59 bits per heavy atom. The van der Waals surface area contributed by atoms with Crippen LogP contribution in [0, 0.1) is 0 Å². The average molecular weight is 298 g/mol. The van der Waals surface area contributed by atoms with Gasteiger partial charge in [-0.05, 0) is 43.0 Å². The van der Waals surface area contributed by atoms with E-state index in [0.717, 1.165) is 17.5 Å². The number of rotatable bonds is 6. The molecule has 2 aromatic rings. The normalized spacial score (nSPS) is 11.8. The molecule has 0 radical (unpaired) electrons. The number of pyridine rings is 1. The number of amides is 1.